The number of carbonyl (C=O) groups is 2. The molecule has 0 spiro atoms. The summed E-state index contributed by atoms with van der Waals surface area (Å²) in [5.74, 6) is -0.312. The van der Waals surface area contributed by atoms with E-state index in [0.717, 1.165) is 0 Å². The zero-order chi connectivity index (χ0) is 13.8. The number of carboxylic acids is 1. The monoisotopic (exact) mass is 264 g/mol. The van der Waals surface area contributed by atoms with Crippen LogP contribution in [0.4, 0.5) is 5.95 Å². The highest BCUT2D eigenvalue weighted by Gasteiger charge is 2.20. The van der Waals surface area contributed by atoms with Crippen molar-refractivity contribution in [3.63, 3.8) is 0 Å². The largest absolute Gasteiger partial charge is 0.481 e. The Morgan fingerprint density at radius 2 is 2.00 bits per heavy atom. The van der Waals surface area contributed by atoms with Crippen molar-refractivity contribution in [1.82, 2.24) is 14.9 Å². The number of hydrogen-bond donors (Lipinski definition) is 1. The van der Waals surface area contributed by atoms with Crippen LogP contribution < -0.4 is 4.90 Å². The van der Waals surface area contributed by atoms with E-state index in [2.05, 4.69) is 9.97 Å². The van der Waals surface area contributed by atoms with Crippen LogP contribution in [-0.4, -0.2) is 58.0 Å². The first-order valence-electron chi connectivity index (χ1n) is 6.10. The van der Waals surface area contributed by atoms with Gasteiger partial charge in [0.25, 0.3) is 0 Å². The van der Waals surface area contributed by atoms with Gasteiger partial charge in [0.05, 0.1) is 12.1 Å². The number of aromatic nitrogens is 2. The van der Waals surface area contributed by atoms with E-state index < -0.39 is 5.97 Å². The van der Waals surface area contributed by atoms with Gasteiger partial charge in [0.1, 0.15) is 0 Å². The maximum atomic E-state index is 11.2. The minimum atomic E-state index is -0.911. The van der Waals surface area contributed by atoms with Crippen molar-refractivity contribution in [3.8, 4) is 0 Å². The lowest BCUT2D eigenvalue weighted by Crippen LogP contribution is -2.48. The van der Waals surface area contributed by atoms with Gasteiger partial charge in [-0.15, -0.1) is 0 Å². The third kappa shape index (κ3) is 3.40. The van der Waals surface area contributed by atoms with Crippen molar-refractivity contribution in [2.24, 2.45) is 0 Å². The van der Waals surface area contributed by atoms with Crippen molar-refractivity contribution in [1.29, 1.82) is 0 Å². The first kappa shape index (κ1) is 13.3. The molecular weight excluding hydrogens is 248 g/mol. The van der Waals surface area contributed by atoms with E-state index in [9.17, 15) is 9.59 Å². The second-order valence-electron chi connectivity index (χ2n) is 4.41. The predicted octanol–water partition coefficient (Wildman–Crippen LogP) is -0.228. The van der Waals surface area contributed by atoms with Gasteiger partial charge in [0, 0.05) is 39.3 Å². The molecule has 102 valence electrons. The van der Waals surface area contributed by atoms with Crippen molar-refractivity contribution >= 4 is 17.8 Å². The number of piperazine rings is 1. The minimum Gasteiger partial charge on any atom is -0.481 e. The molecule has 0 atom stereocenters. The summed E-state index contributed by atoms with van der Waals surface area (Å²) < 4.78 is 0. The molecule has 0 bridgehead atoms. The summed E-state index contributed by atoms with van der Waals surface area (Å²) in [5, 5.41) is 8.75. The Balaban J connectivity index is 2.03. The Kier molecular flexibility index (Phi) is 3.94. The summed E-state index contributed by atoms with van der Waals surface area (Å²) in [6.45, 7) is 4.16. The van der Waals surface area contributed by atoms with Gasteiger partial charge in [-0.25, -0.2) is 9.97 Å². The molecule has 1 amide bonds. The van der Waals surface area contributed by atoms with Gasteiger partial charge in [-0.2, -0.15) is 0 Å². The number of anilines is 1. The summed E-state index contributed by atoms with van der Waals surface area (Å²) in [7, 11) is 0. The molecule has 1 fully saturated rings. The SMILES string of the molecule is CC(=O)N1CCN(c2nccc(CC(=O)O)n2)CC1. The first-order valence-corrected chi connectivity index (χ1v) is 6.10. The van der Waals surface area contributed by atoms with E-state index in [0.29, 0.717) is 37.8 Å². The maximum absolute atomic E-state index is 11.2. The highest BCUT2D eigenvalue weighted by atomic mass is 16.4. The predicted molar refractivity (Wildman–Crippen MR) is 67.8 cm³/mol. The van der Waals surface area contributed by atoms with Crippen LogP contribution >= 0.6 is 0 Å². The smallest absolute Gasteiger partial charge is 0.309 e. The molecule has 0 saturated carbocycles. The Bertz CT molecular complexity index is 484. The Hall–Kier alpha value is -2.18. The van der Waals surface area contributed by atoms with Crippen LogP contribution in [0.2, 0.25) is 0 Å². The second kappa shape index (κ2) is 5.64. The van der Waals surface area contributed by atoms with Crippen molar-refractivity contribution < 1.29 is 14.7 Å². The molecular formula is C12H16N4O3. The van der Waals surface area contributed by atoms with Crippen LogP contribution in [0.5, 0.6) is 0 Å². The lowest BCUT2D eigenvalue weighted by Gasteiger charge is -2.34. The van der Waals surface area contributed by atoms with Crippen LogP contribution in [0.25, 0.3) is 0 Å². The van der Waals surface area contributed by atoms with Crippen molar-refractivity contribution in [2.45, 2.75) is 13.3 Å². The molecule has 0 aromatic carbocycles. The van der Waals surface area contributed by atoms with Gasteiger partial charge < -0.3 is 14.9 Å². The normalized spacial score (nSPS) is 15.4. The van der Waals surface area contributed by atoms with Gasteiger partial charge in [-0.3, -0.25) is 9.59 Å². The molecule has 1 aliphatic heterocycles. The number of carbonyl (C=O) groups excluding carboxylic acids is 1. The van der Waals surface area contributed by atoms with Crippen LogP contribution in [0.15, 0.2) is 12.3 Å². The summed E-state index contributed by atoms with van der Waals surface area (Å²) in [4.78, 5) is 34.0. The summed E-state index contributed by atoms with van der Waals surface area (Å²) in [6.07, 6.45) is 1.46. The molecule has 7 heteroatoms. The van der Waals surface area contributed by atoms with Crippen molar-refractivity contribution in [2.75, 3.05) is 31.1 Å². The zero-order valence-corrected chi connectivity index (χ0v) is 10.7. The third-order valence-corrected chi connectivity index (χ3v) is 3.04. The molecule has 2 rings (SSSR count). The van der Waals surface area contributed by atoms with Crippen LogP contribution in [-0.2, 0) is 16.0 Å². The number of hydrogen-bond acceptors (Lipinski definition) is 5. The molecule has 0 aliphatic carbocycles. The zero-order valence-electron chi connectivity index (χ0n) is 10.7. The quantitative estimate of drug-likeness (QED) is 0.811. The van der Waals surface area contributed by atoms with Crippen LogP contribution in [0.1, 0.15) is 12.6 Å². The van der Waals surface area contributed by atoms with Gasteiger partial charge in [0.2, 0.25) is 11.9 Å². The molecule has 1 aromatic rings. The van der Waals surface area contributed by atoms with Gasteiger partial charge >= 0.3 is 5.97 Å². The molecule has 1 N–H and O–H groups in total. The summed E-state index contributed by atoms with van der Waals surface area (Å²) >= 11 is 0. The lowest BCUT2D eigenvalue weighted by molar-refractivity contribution is -0.136. The highest BCUT2D eigenvalue weighted by Crippen LogP contribution is 2.11. The van der Waals surface area contributed by atoms with Crippen LogP contribution in [0.3, 0.4) is 0 Å². The maximum Gasteiger partial charge on any atom is 0.309 e. The topological polar surface area (TPSA) is 86.6 Å². The lowest BCUT2D eigenvalue weighted by atomic mass is 10.3. The van der Waals surface area contributed by atoms with Crippen molar-refractivity contribution in [3.05, 3.63) is 18.0 Å². The highest BCUT2D eigenvalue weighted by molar-refractivity contribution is 5.73. The third-order valence-electron chi connectivity index (χ3n) is 3.04. The number of aliphatic carboxylic acids is 1. The molecule has 1 aliphatic rings. The Labute approximate surface area is 110 Å². The number of carboxylic acid groups (broad SMARTS) is 1. The van der Waals surface area contributed by atoms with E-state index in [1.165, 1.54) is 0 Å². The fourth-order valence-corrected chi connectivity index (χ4v) is 2.01. The number of rotatable bonds is 3. The number of amides is 1. The van der Waals surface area contributed by atoms with E-state index in [1.54, 1.807) is 24.1 Å². The molecule has 1 saturated heterocycles. The van der Waals surface area contributed by atoms with E-state index in [1.807, 2.05) is 4.90 Å². The van der Waals surface area contributed by atoms with E-state index >= 15 is 0 Å². The average Bonchev–Trinajstić information content (AvgIpc) is 2.38. The van der Waals surface area contributed by atoms with E-state index in [4.69, 9.17) is 5.11 Å². The second-order valence-corrected chi connectivity index (χ2v) is 4.41. The van der Waals surface area contributed by atoms with Gasteiger partial charge in [0.15, 0.2) is 0 Å². The van der Waals surface area contributed by atoms with E-state index in [-0.39, 0.29) is 12.3 Å². The minimum absolute atomic E-state index is 0.0696. The van der Waals surface area contributed by atoms with Gasteiger partial charge in [-0.1, -0.05) is 0 Å². The standard InChI is InChI=1S/C12H16N4O3/c1-9(17)15-4-6-16(7-5-15)12-13-3-2-10(14-12)8-11(18)19/h2-3H,4-8H2,1H3,(H,18,19). The first-order chi connectivity index (χ1) is 9.06. The Morgan fingerprint density at radius 3 is 2.58 bits per heavy atom. The molecule has 2 heterocycles. The summed E-state index contributed by atoms with van der Waals surface area (Å²) in [5.41, 5.74) is 0.492. The fourth-order valence-electron chi connectivity index (χ4n) is 2.01. The average molecular weight is 264 g/mol. The molecule has 0 unspecified atom stereocenters. The van der Waals surface area contributed by atoms with Gasteiger partial charge in [-0.05, 0) is 6.07 Å². The summed E-state index contributed by atoms with van der Waals surface area (Å²) in [6, 6.07) is 1.60. The fraction of sp³-hybridized carbons (Fsp3) is 0.500. The number of nitrogens with zero attached hydrogens (tertiary/aromatic N) is 4. The molecule has 7 nitrogen and oxygen atoms in total. The Morgan fingerprint density at radius 1 is 1.32 bits per heavy atom. The molecule has 0 radical (unpaired) electrons. The van der Waals surface area contributed by atoms with Crippen LogP contribution in [0, 0.1) is 0 Å². The molecule has 1 aromatic heterocycles. The molecule has 19 heavy (non-hydrogen) atoms.